The Bertz CT molecular complexity index is 482. The predicted octanol–water partition coefficient (Wildman–Crippen LogP) is 1.19. The molecule has 0 bridgehead atoms. The summed E-state index contributed by atoms with van der Waals surface area (Å²) in [7, 11) is -3.25. The van der Waals surface area contributed by atoms with Crippen molar-refractivity contribution in [2.24, 2.45) is 0 Å². The maximum absolute atomic E-state index is 11.9. The third-order valence-corrected chi connectivity index (χ3v) is 5.15. The van der Waals surface area contributed by atoms with Crippen LogP contribution in [0.1, 0.15) is 12.0 Å². The highest BCUT2D eigenvalue weighted by molar-refractivity contribution is 7.99. The number of rotatable bonds is 4. The average Bonchev–Trinajstić information content (AvgIpc) is 2.68. The molecule has 1 aromatic rings. The molecule has 4 nitrogen and oxygen atoms in total. The van der Waals surface area contributed by atoms with E-state index in [1.54, 1.807) is 36.0 Å². The molecule has 0 radical (unpaired) electrons. The minimum absolute atomic E-state index is 0.000787. The number of sulfonamides is 1. The van der Waals surface area contributed by atoms with E-state index in [0.717, 1.165) is 23.5 Å². The van der Waals surface area contributed by atoms with Crippen molar-refractivity contribution in [3.05, 3.63) is 29.8 Å². The average molecular weight is 272 g/mol. The first-order valence-corrected chi connectivity index (χ1v) is 8.28. The van der Waals surface area contributed by atoms with E-state index in [1.807, 2.05) is 0 Å². The van der Waals surface area contributed by atoms with Crippen LogP contribution in [0, 0.1) is 0 Å². The molecule has 0 aliphatic carbocycles. The molecular weight excluding hydrogens is 256 g/mol. The zero-order valence-electron chi connectivity index (χ0n) is 9.43. The Labute approximate surface area is 106 Å². The fourth-order valence-electron chi connectivity index (χ4n) is 1.83. The van der Waals surface area contributed by atoms with E-state index < -0.39 is 10.0 Å². The fourth-order valence-corrected chi connectivity index (χ4v) is 4.49. The molecule has 1 fully saturated rings. The van der Waals surface area contributed by atoms with Crippen LogP contribution >= 0.6 is 11.8 Å². The molecule has 3 N–H and O–H groups in total. The molecule has 1 aromatic carbocycles. The molecule has 0 saturated carbocycles. The smallest absolute Gasteiger partial charge is 0.216 e. The summed E-state index contributed by atoms with van der Waals surface area (Å²) in [5.74, 6) is 1.90. The van der Waals surface area contributed by atoms with Crippen molar-refractivity contribution in [3.63, 3.8) is 0 Å². The van der Waals surface area contributed by atoms with Crippen LogP contribution in [0.15, 0.2) is 24.3 Å². The van der Waals surface area contributed by atoms with Crippen LogP contribution in [0.2, 0.25) is 0 Å². The molecule has 1 heterocycles. The monoisotopic (exact) mass is 272 g/mol. The second-order valence-corrected chi connectivity index (χ2v) is 7.09. The van der Waals surface area contributed by atoms with Gasteiger partial charge >= 0.3 is 0 Å². The summed E-state index contributed by atoms with van der Waals surface area (Å²) in [4.78, 5) is 0. The Morgan fingerprint density at radius 2 is 2.29 bits per heavy atom. The summed E-state index contributed by atoms with van der Waals surface area (Å²) >= 11 is 1.78. The van der Waals surface area contributed by atoms with Gasteiger partial charge in [-0.05, 0) is 29.9 Å². The lowest BCUT2D eigenvalue weighted by molar-refractivity contribution is 0.562. The second-order valence-electron chi connectivity index (χ2n) is 4.18. The van der Waals surface area contributed by atoms with Gasteiger partial charge < -0.3 is 5.73 Å². The van der Waals surface area contributed by atoms with Gasteiger partial charge in [-0.1, -0.05) is 12.1 Å². The van der Waals surface area contributed by atoms with Crippen molar-refractivity contribution in [1.82, 2.24) is 4.72 Å². The first-order chi connectivity index (χ1) is 8.05. The summed E-state index contributed by atoms with van der Waals surface area (Å²) in [6.07, 6.45) is 0.917. The third-order valence-electron chi connectivity index (χ3n) is 2.58. The van der Waals surface area contributed by atoms with Gasteiger partial charge in [-0.15, -0.1) is 0 Å². The van der Waals surface area contributed by atoms with E-state index in [4.69, 9.17) is 5.73 Å². The molecule has 0 spiro atoms. The Morgan fingerprint density at radius 3 is 2.94 bits per heavy atom. The van der Waals surface area contributed by atoms with Gasteiger partial charge in [-0.25, -0.2) is 13.1 Å². The maximum Gasteiger partial charge on any atom is 0.216 e. The first-order valence-electron chi connectivity index (χ1n) is 5.47. The third kappa shape index (κ3) is 3.90. The molecule has 0 amide bonds. The van der Waals surface area contributed by atoms with Gasteiger partial charge in [-0.3, -0.25) is 0 Å². The molecule has 17 heavy (non-hydrogen) atoms. The van der Waals surface area contributed by atoms with Gasteiger partial charge in [0.25, 0.3) is 0 Å². The second kappa shape index (κ2) is 5.29. The predicted molar refractivity (Wildman–Crippen MR) is 72.3 cm³/mol. The molecule has 2 rings (SSSR count). The Kier molecular flexibility index (Phi) is 3.96. The zero-order chi connectivity index (χ0) is 12.3. The number of anilines is 1. The summed E-state index contributed by atoms with van der Waals surface area (Å²) in [5.41, 5.74) is 6.94. The van der Waals surface area contributed by atoms with Gasteiger partial charge in [0.15, 0.2) is 0 Å². The quantitative estimate of drug-likeness (QED) is 0.808. The van der Waals surface area contributed by atoms with Crippen molar-refractivity contribution in [1.29, 1.82) is 0 Å². The van der Waals surface area contributed by atoms with Crippen molar-refractivity contribution in [3.8, 4) is 0 Å². The van der Waals surface area contributed by atoms with Crippen LogP contribution in [-0.4, -0.2) is 26.0 Å². The molecule has 1 aliphatic heterocycles. The standard InChI is InChI=1S/C11H16N2O2S2/c12-10-3-1-2-9(6-10)8-17(14,15)13-11-4-5-16-7-11/h1-3,6,11,13H,4-5,7-8,12H2. The van der Waals surface area contributed by atoms with E-state index >= 15 is 0 Å². The first kappa shape index (κ1) is 12.7. The van der Waals surface area contributed by atoms with Crippen molar-refractivity contribution in [2.45, 2.75) is 18.2 Å². The van der Waals surface area contributed by atoms with Gasteiger partial charge in [0.05, 0.1) is 5.75 Å². The lowest BCUT2D eigenvalue weighted by Crippen LogP contribution is -2.35. The number of nitrogens with one attached hydrogen (secondary N) is 1. The zero-order valence-corrected chi connectivity index (χ0v) is 11.1. The van der Waals surface area contributed by atoms with Gasteiger partial charge in [0.2, 0.25) is 10.0 Å². The fraction of sp³-hybridized carbons (Fsp3) is 0.455. The van der Waals surface area contributed by atoms with Gasteiger partial charge in [-0.2, -0.15) is 11.8 Å². The molecule has 1 atom stereocenters. The number of nitrogens with two attached hydrogens (primary N) is 1. The number of thioether (sulfide) groups is 1. The Balaban J connectivity index is 2.01. The van der Waals surface area contributed by atoms with Crippen LogP contribution in [-0.2, 0) is 15.8 Å². The minimum atomic E-state index is -3.25. The van der Waals surface area contributed by atoms with Crippen LogP contribution in [0.3, 0.4) is 0 Å². The van der Waals surface area contributed by atoms with Gasteiger partial charge in [0.1, 0.15) is 0 Å². The van der Waals surface area contributed by atoms with Crippen LogP contribution in [0.25, 0.3) is 0 Å². The molecule has 6 heteroatoms. The summed E-state index contributed by atoms with van der Waals surface area (Å²) < 4.78 is 26.5. The largest absolute Gasteiger partial charge is 0.399 e. The van der Waals surface area contributed by atoms with E-state index in [2.05, 4.69) is 4.72 Å². The van der Waals surface area contributed by atoms with E-state index in [1.165, 1.54) is 0 Å². The van der Waals surface area contributed by atoms with Crippen LogP contribution in [0.4, 0.5) is 5.69 Å². The lowest BCUT2D eigenvalue weighted by Gasteiger charge is -2.12. The number of benzene rings is 1. The summed E-state index contributed by atoms with van der Waals surface area (Å²) in [6.45, 7) is 0. The molecule has 0 aromatic heterocycles. The highest BCUT2D eigenvalue weighted by Crippen LogP contribution is 2.18. The highest BCUT2D eigenvalue weighted by atomic mass is 32.2. The molecule has 1 unspecified atom stereocenters. The number of hydrogen-bond donors (Lipinski definition) is 2. The Morgan fingerprint density at radius 1 is 1.47 bits per heavy atom. The number of nitrogen functional groups attached to an aromatic ring is 1. The molecule has 1 aliphatic rings. The van der Waals surface area contributed by atoms with E-state index in [0.29, 0.717) is 5.69 Å². The highest BCUT2D eigenvalue weighted by Gasteiger charge is 2.21. The summed E-state index contributed by atoms with van der Waals surface area (Å²) in [6, 6.07) is 7.08. The normalized spacial score (nSPS) is 20.6. The number of hydrogen-bond acceptors (Lipinski definition) is 4. The van der Waals surface area contributed by atoms with Crippen molar-refractivity contribution >= 4 is 27.5 Å². The van der Waals surface area contributed by atoms with E-state index in [-0.39, 0.29) is 11.8 Å². The minimum Gasteiger partial charge on any atom is -0.399 e. The molecular formula is C11H16N2O2S2. The maximum atomic E-state index is 11.9. The van der Waals surface area contributed by atoms with Crippen LogP contribution in [0.5, 0.6) is 0 Å². The van der Waals surface area contributed by atoms with Crippen LogP contribution < -0.4 is 10.5 Å². The SMILES string of the molecule is Nc1cccc(CS(=O)(=O)NC2CCSC2)c1. The summed E-state index contributed by atoms with van der Waals surface area (Å²) in [5, 5.41) is 0. The topological polar surface area (TPSA) is 72.2 Å². The molecule has 1 saturated heterocycles. The molecule has 94 valence electrons. The van der Waals surface area contributed by atoms with Gasteiger partial charge in [0, 0.05) is 17.5 Å². The van der Waals surface area contributed by atoms with Crippen molar-refractivity contribution in [2.75, 3.05) is 17.2 Å². The van der Waals surface area contributed by atoms with E-state index in [9.17, 15) is 8.42 Å². The lowest BCUT2D eigenvalue weighted by atomic mass is 10.2. The Hall–Kier alpha value is -0.720. The van der Waals surface area contributed by atoms with Crippen molar-refractivity contribution < 1.29 is 8.42 Å².